The molecule has 0 amide bonds. The van der Waals surface area contributed by atoms with Crippen LogP contribution in [0.2, 0.25) is 0 Å². The Morgan fingerprint density at radius 2 is 1.77 bits per heavy atom. The van der Waals surface area contributed by atoms with Crippen molar-refractivity contribution in [2.75, 3.05) is 19.0 Å². The first-order valence-electron chi connectivity index (χ1n) is 9.48. The largest absolute Gasteiger partial charge is 0.485 e. The third kappa shape index (κ3) is 9.24. The van der Waals surface area contributed by atoms with Crippen LogP contribution < -0.4 is 9.47 Å². The van der Waals surface area contributed by atoms with E-state index in [1.54, 1.807) is 11.3 Å². The normalized spacial score (nSPS) is 16.7. The molecule has 7 heteroatoms. The Morgan fingerprint density at radius 1 is 1.12 bits per heavy atom. The molecule has 2 rings (SSSR count). The molecule has 0 fully saturated rings. The predicted molar refractivity (Wildman–Crippen MR) is 108 cm³/mol. The van der Waals surface area contributed by atoms with Gasteiger partial charge in [0.2, 0.25) is 0 Å². The van der Waals surface area contributed by atoms with Crippen molar-refractivity contribution in [3.63, 3.8) is 0 Å². The molecule has 0 radical (unpaired) electrons. The zero-order valence-electron chi connectivity index (χ0n) is 16.7. The van der Waals surface area contributed by atoms with Crippen LogP contribution in [0, 0.1) is 5.41 Å². The van der Waals surface area contributed by atoms with Crippen LogP contribution in [0.5, 0.6) is 11.5 Å². The number of hydrogen-bond acceptors (Lipinski definition) is 6. The van der Waals surface area contributed by atoms with E-state index in [0.717, 1.165) is 37.2 Å². The number of rotatable bonds is 9. The fourth-order valence-electron chi connectivity index (χ4n) is 2.33. The molecule has 0 saturated carbocycles. The van der Waals surface area contributed by atoms with Gasteiger partial charge < -0.3 is 9.47 Å². The summed E-state index contributed by atoms with van der Waals surface area (Å²) >= 11 is 1.58. The Balaban J connectivity index is 0.00000163. The first kappa shape index (κ1) is 23.2. The summed E-state index contributed by atoms with van der Waals surface area (Å²) in [5, 5.41) is 3.91. The number of hydrogen-bond donors (Lipinski definition) is 0. The summed E-state index contributed by atoms with van der Waals surface area (Å²) in [6.45, 7) is 10.7. The van der Waals surface area contributed by atoms with Crippen molar-refractivity contribution in [3.8, 4) is 11.5 Å². The van der Waals surface area contributed by atoms with E-state index in [4.69, 9.17) is 13.7 Å². The lowest BCUT2D eigenvalue weighted by Gasteiger charge is -2.24. The fraction of sp³-hybridized carbons (Fsp3) is 0.789. The van der Waals surface area contributed by atoms with Gasteiger partial charge in [0.25, 0.3) is 10.1 Å². The van der Waals surface area contributed by atoms with E-state index in [1.807, 2.05) is 45.4 Å². The first-order chi connectivity index (χ1) is 12.3. The minimum absolute atomic E-state index is 0.102. The van der Waals surface area contributed by atoms with Gasteiger partial charge in [-0.1, -0.05) is 47.5 Å². The molecule has 1 aromatic rings. The molecule has 2 heterocycles. The Kier molecular flexibility index (Phi) is 9.97. The molecule has 152 valence electrons. The quantitative estimate of drug-likeness (QED) is 0.414. The predicted octanol–water partition coefficient (Wildman–Crippen LogP) is 5.26. The molecule has 1 atom stereocenters. The molecule has 5 nitrogen and oxygen atoms in total. The summed E-state index contributed by atoms with van der Waals surface area (Å²) < 4.78 is 40.1. The van der Waals surface area contributed by atoms with E-state index in [1.165, 1.54) is 0 Å². The van der Waals surface area contributed by atoms with Crippen LogP contribution in [-0.2, 0) is 14.3 Å². The van der Waals surface area contributed by atoms with Gasteiger partial charge >= 0.3 is 0 Å². The highest BCUT2D eigenvalue weighted by Gasteiger charge is 2.21. The van der Waals surface area contributed by atoms with Crippen molar-refractivity contribution >= 4 is 21.5 Å². The summed E-state index contributed by atoms with van der Waals surface area (Å²) in [5.41, 5.74) is -0.141. The van der Waals surface area contributed by atoms with E-state index >= 15 is 0 Å². The Labute approximate surface area is 163 Å². The number of fused-ring (bicyclic) bond motifs is 1. The van der Waals surface area contributed by atoms with Crippen molar-refractivity contribution in [2.45, 2.75) is 72.8 Å². The van der Waals surface area contributed by atoms with Gasteiger partial charge in [-0.15, -0.1) is 11.3 Å². The van der Waals surface area contributed by atoms with E-state index in [0.29, 0.717) is 13.0 Å². The van der Waals surface area contributed by atoms with Crippen LogP contribution in [0.4, 0.5) is 0 Å². The monoisotopic (exact) mass is 406 g/mol. The molecule has 0 saturated heterocycles. The molecule has 0 N–H and O–H groups in total. The van der Waals surface area contributed by atoms with Gasteiger partial charge in [-0.05, 0) is 24.7 Å². The van der Waals surface area contributed by atoms with E-state index < -0.39 is 10.1 Å². The second kappa shape index (κ2) is 11.1. The lowest BCUT2D eigenvalue weighted by molar-refractivity contribution is 0.0842. The lowest BCUT2D eigenvalue weighted by Crippen LogP contribution is -2.28. The fourth-order valence-corrected chi connectivity index (χ4v) is 4.21. The topological polar surface area (TPSA) is 61.8 Å². The summed E-state index contributed by atoms with van der Waals surface area (Å²) in [6, 6.07) is 0. The maximum absolute atomic E-state index is 11.8. The van der Waals surface area contributed by atoms with Crippen LogP contribution in [0.1, 0.15) is 66.7 Å². The van der Waals surface area contributed by atoms with E-state index in [9.17, 15) is 8.42 Å². The van der Waals surface area contributed by atoms with Crippen molar-refractivity contribution < 1.29 is 22.1 Å². The van der Waals surface area contributed by atoms with Crippen LogP contribution in [0.3, 0.4) is 0 Å². The van der Waals surface area contributed by atoms with Crippen molar-refractivity contribution in [2.24, 2.45) is 5.41 Å². The number of ether oxygens (including phenoxy) is 2. The zero-order valence-corrected chi connectivity index (χ0v) is 18.4. The van der Waals surface area contributed by atoms with Gasteiger partial charge in [-0.3, -0.25) is 4.18 Å². The van der Waals surface area contributed by atoms with Crippen LogP contribution in [0.15, 0.2) is 10.8 Å². The van der Waals surface area contributed by atoms with Gasteiger partial charge in [0.1, 0.15) is 12.7 Å². The van der Waals surface area contributed by atoms with E-state index in [-0.39, 0.29) is 23.9 Å². The van der Waals surface area contributed by atoms with Gasteiger partial charge in [-0.25, -0.2) is 0 Å². The lowest BCUT2D eigenvalue weighted by atomic mass is 9.99. The minimum atomic E-state index is -3.39. The van der Waals surface area contributed by atoms with Crippen molar-refractivity contribution in [1.29, 1.82) is 0 Å². The smallest absolute Gasteiger partial charge is 0.267 e. The Bertz CT molecular complexity index is 602. The Morgan fingerprint density at radius 3 is 2.46 bits per heavy atom. The minimum Gasteiger partial charge on any atom is -0.485 e. The molecule has 1 aromatic heterocycles. The van der Waals surface area contributed by atoms with Crippen molar-refractivity contribution in [1.82, 2.24) is 0 Å². The molecule has 0 bridgehead atoms. The van der Waals surface area contributed by atoms with Gasteiger partial charge in [0.05, 0.1) is 12.4 Å². The molecule has 0 aliphatic carbocycles. The highest BCUT2D eigenvalue weighted by molar-refractivity contribution is 7.86. The number of unbranched alkanes of at least 4 members (excludes halogenated alkanes) is 3. The van der Waals surface area contributed by atoms with Gasteiger partial charge in [-0.2, -0.15) is 8.42 Å². The molecule has 0 aromatic carbocycles. The second-order valence-electron chi connectivity index (χ2n) is 7.44. The van der Waals surface area contributed by atoms with Crippen LogP contribution in [-0.4, -0.2) is 33.5 Å². The maximum atomic E-state index is 11.8. The van der Waals surface area contributed by atoms with Gasteiger partial charge in [0.15, 0.2) is 11.5 Å². The van der Waals surface area contributed by atoms with Crippen LogP contribution in [0.25, 0.3) is 0 Å². The second-order valence-corrected chi connectivity index (χ2v) is 9.94. The molecule has 26 heavy (non-hydrogen) atoms. The third-order valence-electron chi connectivity index (χ3n) is 3.65. The average Bonchev–Trinajstić information content (AvgIpc) is 3.05. The highest BCUT2D eigenvalue weighted by Crippen LogP contribution is 2.36. The first-order valence-corrected chi connectivity index (χ1v) is 12.0. The van der Waals surface area contributed by atoms with E-state index in [2.05, 4.69) is 0 Å². The maximum Gasteiger partial charge on any atom is 0.267 e. The molecule has 0 spiro atoms. The van der Waals surface area contributed by atoms with Crippen LogP contribution >= 0.6 is 11.3 Å². The summed E-state index contributed by atoms with van der Waals surface area (Å²) in [7, 11) is -3.39. The molecule has 1 aliphatic heterocycles. The average molecular weight is 407 g/mol. The van der Waals surface area contributed by atoms with Crippen molar-refractivity contribution in [3.05, 3.63) is 10.8 Å². The Hall–Kier alpha value is -0.790. The molecular weight excluding hydrogens is 372 g/mol. The summed E-state index contributed by atoms with van der Waals surface area (Å²) in [4.78, 5) is 0. The summed E-state index contributed by atoms with van der Waals surface area (Å²) in [6.07, 6.45) is 4.56. The van der Waals surface area contributed by atoms with Gasteiger partial charge in [0, 0.05) is 10.8 Å². The molecule has 1 aliphatic rings. The SMILES string of the molecule is CC.CC(C)(C)COS(=O)(=O)CCCCCCC1COc2cscc2O1. The highest BCUT2D eigenvalue weighted by atomic mass is 32.2. The standard InChI is InChI=1S/C17H28O5S2.C2H6/c1-17(2,3)13-21-24(18,19)9-7-5-4-6-8-14-10-20-15-11-23-12-16(15)22-14;1-2/h11-12,14H,4-10,13H2,1-3H3;1-2H3. The number of thiophene rings is 1. The zero-order chi connectivity index (χ0) is 19.6. The summed E-state index contributed by atoms with van der Waals surface area (Å²) in [5.74, 6) is 1.79. The third-order valence-corrected chi connectivity index (χ3v) is 5.62. The molecular formula is C19H34O5S2. The molecule has 1 unspecified atom stereocenters.